The maximum Gasteiger partial charge on any atom is 0.0537 e. The second-order valence-electron chi connectivity index (χ2n) is 5.68. The first-order chi connectivity index (χ1) is 7.32. The average Bonchev–Trinajstić information content (AvgIpc) is 2.15. The number of aliphatic hydroxyl groups is 1. The molecule has 1 aliphatic carbocycles. The van der Waals surface area contributed by atoms with Gasteiger partial charge in [-0.05, 0) is 37.3 Å². The van der Waals surface area contributed by atoms with Crippen LogP contribution < -0.4 is 0 Å². The summed E-state index contributed by atoms with van der Waals surface area (Å²) in [7, 11) is 0. The molecule has 90 valence electrons. The van der Waals surface area contributed by atoms with Gasteiger partial charge < -0.3 is 5.11 Å². The van der Waals surface area contributed by atoms with Gasteiger partial charge in [-0.15, -0.1) is 0 Å². The summed E-state index contributed by atoms with van der Waals surface area (Å²) in [5.74, 6) is 0.254. The second kappa shape index (κ2) is 4.58. The summed E-state index contributed by atoms with van der Waals surface area (Å²) < 4.78 is 0. The lowest BCUT2D eigenvalue weighted by Crippen LogP contribution is -2.31. The molecule has 0 aromatic carbocycles. The summed E-state index contributed by atoms with van der Waals surface area (Å²) in [6.07, 6.45) is 4.32. The Morgan fingerprint density at radius 3 is 2.31 bits per heavy atom. The van der Waals surface area contributed by atoms with Crippen LogP contribution in [0.15, 0.2) is 34.4 Å². The van der Waals surface area contributed by atoms with Crippen molar-refractivity contribution in [1.29, 1.82) is 0 Å². The fourth-order valence-corrected chi connectivity index (χ4v) is 2.49. The molecule has 1 unspecified atom stereocenters. The van der Waals surface area contributed by atoms with Gasteiger partial charge in [0.15, 0.2) is 0 Å². The van der Waals surface area contributed by atoms with Gasteiger partial charge in [0.05, 0.1) is 6.61 Å². The fourth-order valence-electron chi connectivity index (χ4n) is 2.49. The lowest BCUT2D eigenvalue weighted by Gasteiger charge is -2.41. The lowest BCUT2D eigenvalue weighted by molar-refractivity contribution is 0.249. The van der Waals surface area contributed by atoms with E-state index in [0.29, 0.717) is 0 Å². The molecule has 1 heteroatoms. The van der Waals surface area contributed by atoms with Crippen LogP contribution in [0, 0.1) is 11.3 Å². The fraction of sp³-hybridized carbons (Fsp3) is 0.600. The zero-order chi connectivity index (χ0) is 12.5. The van der Waals surface area contributed by atoms with E-state index in [1.807, 2.05) is 6.92 Å². The van der Waals surface area contributed by atoms with Crippen molar-refractivity contribution in [1.82, 2.24) is 0 Å². The van der Waals surface area contributed by atoms with Crippen LogP contribution in [0.5, 0.6) is 0 Å². The lowest BCUT2D eigenvalue weighted by atomic mass is 9.64. The average molecular weight is 220 g/mol. The van der Waals surface area contributed by atoms with Crippen molar-refractivity contribution >= 4 is 0 Å². The third kappa shape index (κ3) is 2.30. The van der Waals surface area contributed by atoms with Gasteiger partial charge in [-0.1, -0.05) is 44.1 Å². The van der Waals surface area contributed by atoms with Crippen LogP contribution in [-0.2, 0) is 0 Å². The SMILES string of the molecule is C/C=C(C)/C=C1\C(C(C)(C)C)=C(C)C1CO. The second-order valence-corrected chi connectivity index (χ2v) is 5.68. The molecule has 16 heavy (non-hydrogen) atoms. The molecule has 0 radical (unpaired) electrons. The Morgan fingerprint density at radius 2 is 1.94 bits per heavy atom. The zero-order valence-corrected chi connectivity index (χ0v) is 11.4. The first-order valence-electron chi connectivity index (χ1n) is 6.00. The molecular weight excluding hydrogens is 196 g/mol. The van der Waals surface area contributed by atoms with E-state index in [-0.39, 0.29) is 17.9 Å². The van der Waals surface area contributed by atoms with E-state index < -0.39 is 0 Å². The van der Waals surface area contributed by atoms with Crippen LogP contribution in [0.25, 0.3) is 0 Å². The molecule has 0 aromatic rings. The molecule has 0 saturated heterocycles. The van der Waals surface area contributed by atoms with Gasteiger partial charge in [-0.2, -0.15) is 0 Å². The van der Waals surface area contributed by atoms with E-state index in [1.165, 1.54) is 22.3 Å². The van der Waals surface area contributed by atoms with Crippen molar-refractivity contribution < 1.29 is 5.11 Å². The van der Waals surface area contributed by atoms with Crippen LogP contribution in [0.3, 0.4) is 0 Å². The predicted octanol–water partition coefficient (Wildman–Crippen LogP) is 3.86. The van der Waals surface area contributed by atoms with Crippen LogP contribution >= 0.6 is 0 Å². The van der Waals surface area contributed by atoms with Crippen molar-refractivity contribution in [3.63, 3.8) is 0 Å². The Bertz CT molecular complexity index is 361. The molecular formula is C15H24O. The third-order valence-electron chi connectivity index (χ3n) is 3.35. The zero-order valence-electron chi connectivity index (χ0n) is 11.4. The molecule has 1 N–H and O–H groups in total. The van der Waals surface area contributed by atoms with Crippen molar-refractivity contribution in [2.24, 2.45) is 11.3 Å². The molecule has 0 fully saturated rings. The largest absolute Gasteiger partial charge is 0.395 e. The van der Waals surface area contributed by atoms with Gasteiger partial charge in [-0.25, -0.2) is 0 Å². The van der Waals surface area contributed by atoms with Crippen LogP contribution in [-0.4, -0.2) is 11.7 Å². The molecule has 1 atom stereocenters. The van der Waals surface area contributed by atoms with E-state index in [1.54, 1.807) is 0 Å². The molecule has 1 nitrogen and oxygen atoms in total. The number of allylic oxidation sites excluding steroid dienone is 4. The van der Waals surface area contributed by atoms with Crippen LogP contribution in [0.2, 0.25) is 0 Å². The topological polar surface area (TPSA) is 20.2 Å². The van der Waals surface area contributed by atoms with Gasteiger partial charge in [-0.3, -0.25) is 0 Å². The highest BCUT2D eigenvalue weighted by Crippen LogP contribution is 2.49. The minimum Gasteiger partial charge on any atom is -0.395 e. The van der Waals surface area contributed by atoms with Gasteiger partial charge >= 0.3 is 0 Å². The summed E-state index contributed by atoms with van der Waals surface area (Å²) >= 11 is 0. The minimum absolute atomic E-state index is 0.176. The van der Waals surface area contributed by atoms with Gasteiger partial charge in [0.1, 0.15) is 0 Å². The Hall–Kier alpha value is -0.820. The van der Waals surface area contributed by atoms with Gasteiger partial charge in [0.2, 0.25) is 0 Å². The molecule has 0 saturated carbocycles. The van der Waals surface area contributed by atoms with E-state index >= 15 is 0 Å². The predicted molar refractivity (Wildman–Crippen MR) is 70.2 cm³/mol. The Balaban J connectivity index is 3.16. The standard InChI is InChI=1S/C15H24O/c1-7-10(2)8-12-13(9-16)11(3)14(12)15(4,5)6/h7-8,13,16H,9H2,1-6H3/b10-7+,12-8-. The molecule has 0 spiro atoms. The number of hydrogen-bond donors (Lipinski definition) is 1. The summed E-state index contributed by atoms with van der Waals surface area (Å²) in [5.41, 5.74) is 5.54. The van der Waals surface area contributed by atoms with E-state index in [9.17, 15) is 5.11 Å². The van der Waals surface area contributed by atoms with E-state index in [2.05, 4.69) is 46.8 Å². The maximum atomic E-state index is 9.40. The summed E-state index contributed by atoms with van der Waals surface area (Å²) in [6, 6.07) is 0. The molecule has 0 amide bonds. The van der Waals surface area contributed by atoms with Gasteiger partial charge in [0, 0.05) is 5.92 Å². The van der Waals surface area contributed by atoms with Crippen LogP contribution in [0.4, 0.5) is 0 Å². The highest BCUT2D eigenvalue weighted by Gasteiger charge is 2.37. The van der Waals surface area contributed by atoms with E-state index in [0.717, 1.165) is 0 Å². The van der Waals surface area contributed by atoms with Crippen molar-refractivity contribution in [2.45, 2.75) is 41.5 Å². The summed E-state index contributed by atoms with van der Waals surface area (Å²) in [5, 5.41) is 9.40. The highest BCUT2D eigenvalue weighted by atomic mass is 16.3. The monoisotopic (exact) mass is 220 g/mol. The normalized spacial score (nSPS) is 25.1. The number of hydrogen-bond acceptors (Lipinski definition) is 1. The Labute approximate surface area is 99.6 Å². The quantitative estimate of drug-likeness (QED) is 0.749. The highest BCUT2D eigenvalue weighted by molar-refractivity contribution is 5.56. The molecule has 0 heterocycles. The number of aliphatic hydroxyl groups excluding tert-OH is 1. The number of rotatable bonds is 2. The van der Waals surface area contributed by atoms with Crippen LogP contribution in [0.1, 0.15) is 41.5 Å². The Morgan fingerprint density at radius 1 is 1.38 bits per heavy atom. The minimum atomic E-state index is 0.176. The molecule has 0 aromatic heterocycles. The third-order valence-corrected chi connectivity index (χ3v) is 3.35. The van der Waals surface area contributed by atoms with Crippen molar-refractivity contribution in [3.8, 4) is 0 Å². The first kappa shape index (κ1) is 13.2. The van der Waals surface area contributed by atoms with Gasteiger partial charge in [0.25, 0.3) is 0 Å². The summed E-state index contributed by atoms with van der Waals surface area (Å²) in [6.45, 7) is 13.2. The Kier molecular flexibility index (Phi) is 3.80. The first-order valence-corrected chi connectivity index (χ1v) is 6.00. The molecule has 0 aliphatic heterocycles. The molecule has 1 aliphatic rings. The smallest absolute Gasteiger partial charge is 0.0537 e. The summed E-state index contributed by atoms with van der Waals surface area (Å²) in [4.78, 5) is 0. The maximum absolute atomic E-state index is 9.40. The molecule has 0 bridgehead atoms. The van der Waals surface area contributed by atoms with Crippen molar-refractivity contribution in [3.05, 3.63) is 34.4 Å². The van der Waals surface area contributed by atoms with Crippen molar-refractivity contribution in [2.75, 3.05) is 6.61 Å². The molecule has 1 rings (SSSR count). The van der Waals surface area contributed by atoms with E-state index in [4.69, 9.17) is 0 Å².